The lowest BCUT2D eigenvalue weighted by Crippen LogP contribution is -2.21. The lowest BCUT2D eigenvalue weighted by Gasteiger charge is -2.30. The van der Waals surface area contributed by atoms with Crippen molar-refractivity contribution in [2.75, 3.05) is 0 Å². The van der Waals surface area contributed by atoms with Crippen LogP contribution in [0.5, 0.6) is 0 Å². The number of benzene rings is 2. The van der Waals surface area contributed by atoms with Crippen LogP contribution >= 0.6 is 0 Å². The number of aromatic nitrogens is 6. The van der Waals surface area contributed by atoms with Gasteiger partial charge in [-0.25, -0.2) is 9.78 Å². The second-order valence-electron chi connectivity index (χ2n) is 9.87. The Morgan fingerprint density at radius 2 is 1.79 bits per heavy atom. The highest BCUT2D eigenvalue weighted by molar-refractivity contribution is 5.90. The van der Waals surface area contributed by atoms with E-state index in [9.17, 15) is 9.90 Å². The Hall–Kier alpha value is -4.07. The van der Waals surface area contributed by atoms with Gasteiger partial charge in [-0.3, -0.25) is 0 Å². The van der Waals surface area contributed by atoms with Crippen molar-refractivity contribution in [2.24, 2.45) is 0 Å². The first-order valence-corrected chi connectivity index (χ1v) is 13.6. The standard InChI is InChI=1S/C30H34N6O2/c1-3-5-11-25-29-22(19-28(37)38)17-18-26(36(29)27(31-25)12-6-4-2)21-15-13-20(14-16-21)23-9-7-8-10-24(23)30-32-34-35-33-30/h7-10,13-16,19,26H,3-6,11-12,17-18H2,1-2H3,(H,37,38)(H,32,33,34,35)/b22-19+. The lowest BCUT2D eigenvalue weighted by atomic mass is 9.89. The first-order chi connectivity index (χ1) is 18.6. The average molecular weight is 511 g/mol. The molecule has 3 heterocycles. The molecule has 2 N–H and O–H groups in total. The third-order valence-corrected chi connectivity index (χ3v) is 7.30. The maximum absolute atomic E-state index is 11.7. The molecule has 0 saturated heterocycles. The molecule has 8 nitrogen and oxygen atoms in total. The predicted molar refractivity (Wildman–Crippen MR) is 147 cm³/mol. The third kappa shape index (κ3) is 5.16. The van der Waals surface area contributed by atoms with Gasteiger partial charge in [-0.2, -0.15) is 5.21 Å². The number of aryl methyl sites for hydroxylation is 2. The Kier molecular flexibility index (Phi) is 7.77. The molecular weight excluding hydrogens is 476 g/mol. The molecule has 2 aromatic carbocycles. The van der Waals surface area contributed by atoms with E-state index in [0.29, 0.717) is 5.82 Å². The maximum atomic E-state index is 11.7. The van der Waals surface area contributed by atoms with Crippen molar-refractivity contribution >= 4 is 11.5 Å². The number of nitrogens with one attached hydrogen (secondary N) is 1. The number of hydrogen-bond donors (Lipinski definition) is 2. The molecule has 38 heavy (non-hydrogen) atoms. The third-order valence-electron chi connectivity index (χ3n) is 7.30. The highest BCUT2D eigenvalue weighted by atomic mass is 16.4. The minimum absolute atomic E-state index is 0.118. The van der Waals surface area contributed by atoms with E-state index in [1.54, 1.807) is 0 Å². The molecular formula is C30H34N6O2. The van der Waals surface area contributed by atoms with Gasteiger partial charge in [0.1, 0.15) is 5.82 Å². The van der Waals surface area contributed by atoms with E-state index >= 15 is 0 Å². The monoisotopic (exact) mass is 510 g/mol. The predicted octanol–water partition coefficient (Wildman–Crippen LogP) is 6.27. The van der Waals surface area contributed by atoms with Gasteiger partial charge in [0.15, 0.2) is 0 Å². The number of nitrogens with zero attached hydrogens (tertiary/aromatic N) is 5. The molecule has 196 valence electrons. The number of carboxylic acids is 1. The van der Waals surface area contributed by atoms with Crippen LogP contribution in [0.1, 0.15) is 81.2 Å². The van der Waals surface area contributed by atoms with Crippen LogP contribution in [0.2, 0.25) is 0 Å². The second kappa shape index (κ2) is 11.5. The van der Waals surface area contributed by atoms with E-state index in [1.807, 2.05) is 18.2 Å². The number of hydrogen-bond acceptors (Lipinski definition) is 5. The molecule has 1 unspecified atom stereocenters. The van der Waals surface area contributed by atoms with E-state index in [4.69, 9.17) is 4.98 Å². The summed E-state index contributed by atoms with van der Waals surface area (Å²) in [7, 11) is 0. The minimum Gasteiger partial charge on any atom is -0.478 e. The van der Waals surface area contributed by atoms with Crippen LogP contribution in [0.3, 0.4) is 0 Å². The van der Waals surface area contributed by atoms with Crippen LogP contribution in [0.4, 0.5) is 0 Å². The zero-order valence-corrected chi connectivity index (χ0v) is 22.0. The summed E-state index contributed by atoms with van der Waals surface area (Å²) in [6, 6.07) is 16.9. The minimum atomic E-state index is -0.896. The van der Waals surface area contributed by atoms with Gasteiger partial charge in [-0.05, 0) is 59.6 Å². The number of fused-ring (bicyclic) bond motifs is 1. The Morgan fingerprint density at radius 3 is 2.47 bits per heavy atom. The van der Waals surface area contributed by atoms with Crippen molar-refractivity contribution in [3.05, 3.63) is 77.4 Å². The van der Waals surface area contributed by atoms with E-state index in [-0.39, 0.29) is 6.04 Å². The van der Waals surface area contributed by atoms with Crippen LogP contribution < -0.4 is 0 Å². The van der Waals surface area contributed by atoms with Crippen molar-refractivity contribution < 1.29 is 9.90 Å². The summed E-state index contributed by atoms with van der Waals surface area (Å²) >= 11 is 0. The fourth-order valence-electron chi connectivity index (χ4n) is 5.47. The molecule has 0 aliphatic carbocycles. The van der Waals surface area contributed by atoms with Gasteiger partial charge >= 0.3 is 5.97 Å². The average Bonchev–Trinajstić information content (AvgIpc) is 3.60. The quantitative estimate of drug-likeness (QED) is 0.244. The van der Waals surface area contributed by atoms with Crippen LogP contribution in [0.15, 0.2) is 54.6 Å². The van der Waals surface area contributed by atoms with Crippen molar-refractivity contribution in [1.29, 1.82) is 0 Å². The number of rotatable bonds is 10. The number of carboxylic acid groups (broad SMARTS) is 1. The fraction of sp³-hybridized carbons (Fsp3) is 0.367. The van der Waals surface area contributed by atoms with Crippen LogP contribution in [0.25, 0.3) is 28.1 Å². The van der Waals surface area contributed by atoms with Crippen molar-refractivity contribution in [1.82, 2.24) is 30.2 Å². The van der Waals surface area contributed by atoms with Gasteiger partial charge in [-0.1, -0.05) is 75.2 Å². The van der Waals surface area contributed by atoms with Gasteiger partial charge < -0.3 is 9.67 Å². The number of unbranched alkanes of at least 4 members (excludes halogenated alkanes) is 2. The summed E-state index contributed by atoms with van der Waals surface area (Å²) in [4.78, 5) is 16.8. The van der Waals surface area contributed by atoms with E-state index in [1.165, 1.54) is 11.6 Å². The molecule has 0 saturated carbocycles. The molecule has 2 aromatic heterocycles. The Morgan fingerprint density at radius 1 is 1.05 bits per heavy atom. The molecule has 0 radical (unpaired) electrons. The molecule has 1 aliphatic rings. The van der Waals surface area contributed by atoms with Gasteiger partial charge in [0.05, 0.1) is 17.4 Å². The summed E-state index contributed by atoms with van der Waals surface area (Å²) in [5.41, 5.74) is 7.21. The summed E-state index contributed by atoms with van der Waals surface area (Å²) in [5.74, 6) is 0.741. The Bertz CT molecular complexity index is 1420. The van der Waals surface area contributed by atoms with E-state index in [2.05, 4.69) is 69.4 Å². The Balaban J connectivity index is 1.56. The molecule has 5 rings (SSSR count). The Labute approximate surface area is 222 Å². The smallest absolute Gasteiger partial charge is 0.328 e. The van der Waals surface area contributed by atoms with Gasteiger partial charge in [0, 0.05) is 18.1 Å². The number of aromatic amines is 1. The molecule has 0 bridgehead atoms. The number of allylic oxidation sites excluding steroid dienone is 1. The summed E-state index contributed by atoms with van der Waals surface area (Å²) in [5, 5.41) is 24.2. The molecule has 1 aliphatic heterocycles. The molecule has 0 amide bonds. The number of H-pyrrole nitrogens is 1. The first kappa shape index (κ1) is 25.6. The normalized spacial score (nSPS) is 16.1. The molecule has 8 heteroatoms. The maximum Gasteiger partial charge on any atom is 0.328 e. The van der Waals surface area contributed by atoms with Crippen LogP contribution in [-0.4, -0.2) is 41.3 Å². The summed E-state index contributed by atoms with van der Waals surface area (Å²) in [6.07, 6.45) is 8.97. The number of carbonyl (C=O) groups is 1. The van der Waals surface area contributed by atoms with Gasteiger partial charge in [0.2, 0.25) is 5.82 Å². The first-order valence-electron chi connectivity index (χ1n) is 13.6. The van der Waals surface area contributed by atoms with Crippen molar-refractivity contribution in [3.8, 4) is 22.5 Å². The lowest BCUT2D eigenvalue weighted by molar-refractivity contribution is -0.131. The molecule has 0 fully saturated rings. The van der Waals surface area contributed by atoms with Crippen molar-refractivity contribution in [2.45, 2.75) is 71.3 Å². The number of imidazole rings is 1. The van der Waals surface area contributed by atoms with Gasteiger partial charge in [-0.15, -0.1) is 10.2 Å². The molecule has 1 atom stereocenters. The summed E-state index contributed by atoms with van der Waals surface area (Å²) in [6.45, 7) is 4.37. The second-order valence-corrected chi connectivity index (χ2v) is 9.87. The van der Waals surface area contributed by atoms with Gasteiger partial charge in [0.25, 0.3) is 0 Å². The van der Waals surface area contributed by atoms with E-state index in [0.717, 1.165) is 90.8 Å². The zero-order chi connectivity index (χ0) is 26.5. The van der Waals surface area contributed by atoms with Crippen LogP contribution in [0, 0.1) is 0 Å². The fourth-order valence-corrected chi connectivity index (χ4v) is 5.47. The van der Waals surface area contributed by atoms with Crippen LogP contribution in [-0.2, 0) is 17.6 Å². The largest absolute Gasteiger partial charge is 0.478 e. The number of tetrazole rings is 1. The molecule has 0 spiro atoms. The summed E-state index contributed by atoms with van der Waals surface area (Å²) < 4.78 is 2.35. The highest BCUT2D eigenvalue weighted by Gasteiger charge is 2.31. The van der Waals surface area contributed by atoms with E-state index < -0.39 is 5.97 Å². The number of aliphatic carboxylic acids is 1. The SMILES string of the molecule is CCCCc1nc(CCCC)n2c1/C(=C/C(=O)O)CCC2c1ccc(-c2ccccc2-c2nn[nH]n2)cc1. The molecule has 4 aromatic rings. The zero-order valence-electron chi connectivity index (χ0n) is 22.0. The highest BCUT2D eigenvalue weighted by Crippen LogP contribution is 2.41. The van der Waals surface area contributed by atoms with Crippen molar-refractivity contribution in [3.63, 3.8) is 0 Å². The topological polar surface area (TPSA) is 110 Å².